The largest absolute Gasteiger partial charge is 0.341 e. The Bertz CT molecular complexity index is 232. The number of nitrogens with zero attached hydrogens (tertiary/aromatic N) is 2. The van der Waals surface area contributed by atoms with Gasteiger partial charge in [0.1, 0.15) is 0 Å². The van der Waals surface area contributed by atoms with E-state index in [-0.39, 0.29) is 11.9 Å². The maximum absolute atomic E-state index is 12.1. The van der Waals surface area contributed by atoms with Crippen molar-refractivity contribution in [3.8, 4) is 0 Å². The van der Waals surface area contributed by atoms with Gasteiger partial charge in [0.05, 0.1) is 6.04 Å². The summed E-state index contributed by atoms with van der Waals surface area (Å²) in [4.78, 5) is 14.0. The molecule has 4 nitrogen and oxygen atoms in total. The highest BCUT2D eigenvalue weighted by Crippen LogP contribution is 2.10. The molecule has 2 aliphatic heterocycles. The lowest BCUT2D eigenvalue weighted by Crippen LogP contribution is -2.52. The Morgan fingerprint density at radius 3 is 2.19 bits per heavy atom. The summed E-state index contributed by atoms with van der Waals surface area (Å²) in [5.41, 5.74) is 3.34. The Morgan fingerprint density at radius 2 is 1.56 bits per heavy atom. The number of nitrogens with one attached hydrogen (secondary N) is 1. The molecule has 2 heterocycles. The molecule has 0 aromatic heterocycles. The van der Waals surface area contributed by atoms with Crippen LogP contribution in [0.5, 0.6) is 0 Å². The van der Waals surface area contributed by atoms with Gasteiger partial charge in [0, 0.05) is 26.2 Å². The minimum Gasteiger partial charge on any atom is -0.341 e. The van der Waals surface area contributed by atoms with Gasteiger partial charge in [-0.15, -0.1) is 0 Å². The highest BCUT2D eigenvalue weighted by Gasteiger charge is 2.24. The van der Waals surface area contributed by atoms with Gasteiger partial charge in [0.25, 0.3) is 0 Å². The number of amides is 1. The second-order valence-electron chi connectivity index (χ2n) is 4.93. The molecule has 0 radical (unpaired) electrons. The average Bonchev–Trinajstić information content (AvgIpc) is 2.83. The van der Waals surface area contributed by atoms with Crippen LogP contribution in [-0.4, -0.2) is 48.0 Å². The molecule has 2 rings (SSSR count). The van der Waals surface area contributed by atoms with E-state index in [4.69, 9.17) is 0 Å². The van der Waals surface area contributed by atoms with E-state index in [1.165, 1.54) is 32.1 Å². The Hall–Kier alpha value is -0.610. The van der Waals surface area contributed by atoms with Crippen LogP contribution in [0.25, 0.3) is 0 Å². The van der Waals surface area contributed by atoms with Crippen molar-refractivity contribution >= 4 is 5.91 Å². The van der Waals surface area contributed by atoms with Crippen molar-refractivity contribution in [2.24, 2.45) is 0 Å². The first kappa shape index (κ1) is 11.9. The maximum Gasteiger partial charge on any atom is 0.240 e. The molecule has 16 heavy (non-hydrogen) atoms. The standard InChI is InChI=1S/C12H23N3O/c1-11(12(16)14-7-5-6-8-14)13-15-9-3-2-4-10-15/h11,13H,2-10H2,1H3. The summed E-state index contributed by atoms with van der Waals surface area (Å²) < 4.78 is 0. The van der Waals surface area contributed by atoms with E-state index in [0.29, 0.717) is 0 Å². The summed E-state index contributed by atoms with van der Waals surface area (Å²) in [5.74, 6) is 0.267. The van der Waals surface area contributed by atoms with Gasteiger partial charge in [-0.05, 0) is 32.6 Å². The summed E-state index contributed by atoms with van der Waals surface area (Å²) in [7, 11) is 0. The quantitative estimate of drug-likeness (QED) is 0.778. The van der Waals surface area contributed by atoms with Crippen molar-refractivity contribution in [1.29, 1.82) is 0 Å². The van der Waals surface area contributed by atoms with Crippen LogP contribution in [0, 0.1) is 0 Å². The fraction of sp³-hybridized carbons (Fsp3) is 0.917. The molecule has 1 N–H and O–H groups in total. The van der Waals surface area contributed by atoms with Crippen molar-refractivity contribution in [2.45, 2.75) is 45.1 Å². The summed E-state index contributed by atoms with van der Waals surface area (Å²) in [6.45, 7) is 6.04. The van der Waals surface area contributed by atoms with Crippen LogP contribution in [0.4, 0.5) is 0 Å². The van der Waals surface area contributed by atoms with E-state index < -0.39 is 0 Å². The summed E-state index contributed by atoms with van der Waals surface area (Å²) in [6.07, 6.45) is 6.16. The zero-order valence-electron chi connectivity index (χ0n) is 10.2. The summed E-state index contributed by atoms with van der Waals surface area (Å²) >= 11 is 0. The molecule has 0 aliphatic carbocycles. The lowest BCUT2D eigenvalue weighted by atomic mass is 10.2. The lowest BCUT2D eigenvalue weighted by molar-refractivity contribution is -0.133. The highest BCUT2D eigenvalue weighted by molar-refractivity contribution is 5.81. The van der Waals surface area contributed by atoms with Gasteiger partial charge in [0.15, 0.2) is 0 Å². The minimum absolute atomic E-state index is 0.0591. The molecule has 0 saturated carbocycles. The predicted molar refractivity (Wildman–Crippen MR) is 63.8 cm³/mol. The highest BCUT2D eigenvalue weighted by atomic mass is 16.2. The van der Waals surface area contributed by atoms with Crippen molar-refractivity contribution in [1.82, 2.24) is 15.3 Å². The summed E-state index contributed by atoms with van der Waals surface area (Å²) in [6, 6.07) is -0.0591. The molecule has 92 valence electrons. The Morgan fingerprint density at radius 1 is 1.00 bits per heavy atom. The first-order valence-corrected chi connectivity index (χ1v) is 6.57. The fourth-order valence-corrected chi connectivity index (χ4v) is 2.56. The van der Waals surface area contributed by atoms with Crippen LogP contribution < -0.4 is 5.43 Å². The Labute approximate surface area is 97.9 Å². The number of piperidine rings is 1. The maximum atomic E-state index is 12.1. The number of rotatable bonds is 3. The van der Waals surface area contributed by atoms with Crippen LogP contribution in [0.15, 0.2) is 0 Å². The molecule has 1 amide bonds. The second-order valence-corrected chi connectivity index (χ2v) is 4.93. The number of hydrogen-bond donors (Lipinski definition) is 1. The molecule has 2 saturated heterocycles. The van der Waals surface area contributed by atoms with Crippen LogP contribution in [0.3, 0.4) is 0 Å². The van der Waals surface area contributed by atoms with Gasteiger partial charge >= 0.3 is 0 Å². The number of hydrazine groups is 1. The second kappa shape index (κ2) is 5.64. The molecule has 0 spiro atoms. The average molecular weight is 225 g/mol. The van der Waals surface area contributed by atoms with Crippen molar-refractivity contribution < 1.29 is 4.79 Å². The van der Waals surface area contributed by atoms with Crippen LogP contribution in [0.1, 0.15) is 39.0 Å². The molecule has 4 heteroatoms. The number of carbonyl (C=O) groups excluding carboxylic acids is 1. The molecule has 1 unspecified atom stereocenters. The molecule has 0 aromatic rings. The number of carbonyl (C=O) groups is 1. The summed E-state index contributed by atoms with van der Waals surface area (Å²) in [5, 5.41) is 2.21. The van der Waals surface area contributed by atoms with E-state index >= 15 is 0 Å². The van der Waals surface area contributed by atoms with Gasteiger partial charge in [-0.25, -0.2) is 10.4 Å². The van der Waals surface area contributed by atoms with Crippen LogP contribution >= 0.6 is 0 Å². The van der Waals surface area contributed by atoms with Crippen LogP contribution in [-0.2, 0) is 4.79 Å². The van der Waals surface area contributed by atoms with Gasteiger partial charge in [-0.3, -0.25) is 4.79 Å². The fourth-order valence-electron chi connectivity index (χ4n) is 2.56. The zero-order valence-corrected chi connectivity index (χ0v) is 10.2. The smallest absolute Gasteiger partial charge is 0.240 e. The molecule has 2 fully saturated rings. The van der Waals surface area contributed by atoms with E-state index in [1.807, 2.05) is 11.8 Å². The minimum atomic E-state index is -0.0591. The predicted octanol–water partition coefficient (Wildman–Crippen LogP) is 0.988. The topological polar surface area (TPSA) is 35.6 Å². The molecule has 1 atom stereocenters. The first-order valence-electron chi connectivity index (χ1n) is 6.57. The first-order chi connectivity index (χ1) is 7.77. The van der Waals surface area contributed by atoms with Crippen molar-refractivity contribution in [2.75, 3.05) is 26.2 Å². The third-order valence-corrected chi connectivity index (χ3v) is 3.52. The van der Waals surface area contributed by atoms with E-state index in [2.05, 4.69) is 10.4 Å². The SMILES string of the molecule is CC(NN1CCCCC1)C(=O)N1CCCC1. The third kappa shape index (κ3) is 2.95. The third-order valence-electron chi connectivity index (χ3n) is 3.52. The Kier molecular flexibility index (Phi) is 4.18. The molecule has 0 aromatic carbocycles. The van der Waals surface area contributed by atoms with E-state index in [0.717, 1.165) is 26.2 Å². The molecule has 0 bridgehead atoms. The van der Waals surface area contributed by atoms with Gasteiger partial charge in [-0.1, -0.05) is 6.42 Å². The van der Waals surface area contributed by atoms with Crippen LogP contribution in [0.2, 0.25) is 0 Å². The molecular formula is C12H23N3O. The Balaban J connectivity index is 1.77. The number of likely N-dealkylation sites (tertiary alicyclic amines) is 1. The van der Waals surface area contributed by atoms with Crippen molar-refractivity contribution in [3.63, 3.8) is 0 Å². The monoisotopic (exact) mass is 225 g/mol. The van der Waals surface area contributed by atoms with Crippen molar-refractivity contribution in [3.05, 3.63) is 0 Å². The number of hydrogen-bond acceptors (Lipinski definition) is 3. The zero-order chi connectivity index (χ0) is 11.4. The van der Waals surface area contributed by atoms with Gasteiger partial charge < -0.3 is 4.90 Å². The van der Waals surface area contributed by atoms with E-state index in [1.54, 1.807) is 0 Å². The molecule has 2 aliphatic rings. The lowest BCUT2D eigenvalue weighted by Gasteiger charge is -2.31. The normalized spacial score (nSPS) is 24.7. The van der Waals surface area contributed by atoms with E-state index in [9.17, 15) is 4.79 Å². The van der Waals surface area contributed by atoms with Gasteiger partial charge in [0.2, 0.25) is 5.91 Å². The molecular weight excluding hydrogens is 202 g/mol. The van der Waals surface area contributed by atoms with Gasteiger partial charge in [-0.2, -0.15) is 0 Å².